The molecule has 0 radical (unpaired) electrons. The fourth-order valence-electron chi connectivity index (χ4n) is 6.12. The molecule has 1 saturated heterocycles. The summed E-state index contributed by atoms with van der Waals surface area (Å²) in [6, 6.07) is 12.3. The number of carbonyl (C=O) groups excluding carboxylic acids is 1. The van der Waals surface area contributed by atoms with Gasteiger partial charge in [-0.15, -0.1) is 0 Å². The Kier molecular flexibility index (Phi) is 7.32. The van der Waals surface area contributed by atoms with Crippen LogP contribution in [-0.2, 0) is 22.4 Å². The number of anilines is 1. The minimum absolute atomic E-state index is 0.0601. The number of nitrogens with one attached hydrogen (secondary N) is 1. The molecular weight excluding hydrogens is 474 g/mol. The van der Waals surface area contributed by atoms with Crippen molar-refractivity contribution in [2.75, 3.05) is 32.1 Å². The molecule has 1 N–H and O–H groups in total. The summed E-state index contributed by atoms with van der Waals surface area (Å²) in [6.45, 7) is 9.29. The standard InChI is InChI=1S/C29H36F2N4O2/c1-17(2)28-33-23-11-18(3)5-8-24(23)35(28)25-9-10-34(16-26(25)37-4)15-19-12-20-6-7-22(14-21(20)13-19)32-29(36)27(30)31/h5-8,11,14,17,19,25-27H,9-10,12-13,15-16H2,1-4H3,(H,32,36)/t19?,25-,26-/m0/s1. The van der Waals surface area contributed by atoms with Gasteiger partial charge in [-0.05, 0) is 73.1 Å². The minimum atomic E-state index is -3.02. The summed E-state index contributed by atoms with van der Waals surface area (Å²) in [5.74, 6) is 0.621. The number of imidazole rings is 1. The van der Waals surface area contributed by atoms with E-state index in [4.69, 9.17) is 9.72 Å². The third-order valence-electron chi connectivity index (χ3n) is 7.84. The van der Waals surface area contributed by atoms with Crippen molar-refractivity contribution < 1.29 is 18.3 Å². The van der Waals surface area contributed by atoms with Crippen LogP contribution in [0.2, 0.25) is 0 Å². The van der Waals surface area contributed by atoms with Crippen molar-refractivity contribution in [2.24, 2.45) is 5.92 Å². The number of hydrogen-bond donors (Lipinski definition) is 1. The number of benzene rings is 2. The molecule has 37 heavy (non-hydrogen) atoms. The Morgan fingerprint density at radius 2 is 1.95 bits per heavy atom. The molecule has 1 unspecified atom stereocenters. The minimum Gasteiger partial charge on any atom is -0.378 e. The summed E-state index contributed by atoms with van der Waals surface area (Å²) in [6.07, 6.45) is -0.127. The van der Waals surface area contributed by atoms with E-state index in [1.165, 1.54) is 16.6 Å². The molecule has 1 aromatic heterocycles. The quantitative estimate of drug-likeness (QED) is 0.466. The Morgan fingerprint density at radius 1 is 1.16 bits per heavy atom. The van der Waals surface area contributed by atoms with Gasteiger partial charge in [0.2, 0.25) is 0 Å². The second kappa shape index (κ2) is 10.5. The molecular formula is C29H36F2N4O2. The van der Waals surface area contributed by atoms with Crippen molar-refractivity contribution in [1.29, 1.82) is 0 Å². The van der Waals surface area contributed by atoms with Gasteiger partial charge in [0.05, 0.1) is 23.2 Å². The van der Waals surface area contributed by atoms with Gasteiger partial charge in [0.1, 0.15) is 5.82 Å². The summed E-state index contributed by atoms with van der Waals surface area (Å²) in [5.41, 5.74) is 6.25. The van der Waals surface area contributed by atoms with Crippen LogP contribution < -0.4 is 5.32 Å². The second-order valence-electron chi connectivity index (χ2n) is 10.9. The van der Waals surface area contributed by atoms with E-state index in [9.17, 15) is 13.6 Å². The van der Waals surface area contributed by atoms with E-state index in [1.54, 1.807) is 13.2 Å². The van der Waals surface area contributed by atoms with E-state index < -0.39 is 12.3 Å². The number of halogens is 2. The van der Waals surface area contributed by atoms with Gasteiger partial charge in [0, 0.05) is 38.3 Å². The average Bonchev–Trinajstić information content (AvgIpc) is 3.44. The molecule has 0 spiro atoms. The fraction of sp³-hybridized carbons (Fsp3) is 0.517. The largest absolute Gasteiger partial charge is 0.378 e. The van der Waals surface area contributed by atoms with Gasteiger partial charge in [-0.25, -0.2) is 4.98 Å². The van der Waals surface area contributed by atoms with Gasteiger partial charge < -0.3 is 19.5 Å². The Labute approximate surface area is 217 Å². The molecule has 198 valence electrons. The van der Waals surface area contributed by atoms with E-state index in [0.717, 1.165) is 55.8 Å². The first-order valence-electron chi connectivity index (χ1n) is 13.2. The highest BCUT2D eigenvalue weighted by Crippen LogP contribution is 2.35. The molecule has 0 saturated carbocycles. The maximum absolute atomic E-state index is 12.6. The van der Waals surface area contributed by atoms with Gasteiger partial charge in [-0.2, -0.15) is 8.78 Å². The molecule has 1 aliphatic heterocycles. The molecule has 1 aliphatic carbocycles. The fourth-order valence-corrected chi connectivity index (χ4v) is 6.12. The van der Waals surface area contributed by atoms with Crippen LogP contribution in [-0.4, -0.2) is 59.6 Å². The van der Waals surface area contributed by atoms with Gasteiger partial charge in [-0.1, -0.05) is 26.0 Å². The highest BCUT2D eigenvalue weighted by molar-refractivity contribution is 5.93. The molecule has 2 aromatic carbocycles. The summed E-state index contributed by atoms with van der Waals surface area (Å²) in [7, 11) is 1.81. The third-order valence-corrected chi connectivity index (χ3v) is 7.84. The summed E-state index contributed by atoms with van der Waals surface area (Å²) in [4.78, 5) is 18.9. The van der Waals surface area contributed by atoms with Gasteiger partial charge >= 0.3 is 6.43 Å². The van der Waals surface area contributed by atoms with Gasteiger partial charge in [-0.3, -0.25) is 4.79 Å². The van der Waals surface area contributed by atoms with Crippen LogP contribution >= 0.6 is 0 Å². The van der Waals surface area contributed by atoms with Crippen LogP contribution in [0.1, 0.15) is 54.7 Å². The van der Waals surface area contributed by atoms with Crippen LogP contribution in [0.5, 0.6) is 0 Å². The first kappa shape index (κ1) is 25.8. The van der Waals surface area contributed by atoms with E-state index >= 15 is 0 Å². The number of alkyl halides is 2. The van der Waals surface area contributed by atoms with Crippen molar-refractivity contribution in [2.45, 2.75) is 64.5 Å². The molecule has 5 rings (SSSR count). The van der Waals surface area contributed by atoms with Crippen LogP contribution in [0.15, 0.2) is 36.4 Å². The van der Waals surface area contributed by atoms with Gasteiger partial charge in [0.15, 0.2) is 0 Å². The smallest absolute Gasteiger partial charge is 0.315 e. The number of methoxy groups -OCH3 is 1. The predicted molar refractivity (Wildman–Crippen MR) is 141 cm³/mol. The summed E-state index contributed by atoms with van der Waals surface area (Å²) < 4.78 is 33.7. The Balaban J connectivity index is 1.27. The number of hydrogen-bond acceptors (Lipinski definition) is 4. The Hall–Kier alpha value is -2.84. The van der Waals surface area contributed by atoms with Crippen LogP contribution in [0.3, 0.4) is 0 Å². The number of nitrogens with zero attached hydrogens (tertiary/aromatic N) is 3. The topological polar surface area (TPSA) is 59.4 Å². The predicted octanol–water partition coefficient (Wildman–Crippen LogP) is 5.35. The first-order valence-corrected chi connectivity index (χ1v) is 13.2. The van der Waals surface area contributed by atoms with Crippen molar-refractivity contribution >= 4 is 22.6 Å². The zero-order valence-electron chi connectivity index (χ0n) is 22.0. The Bertz CT molecular complexity index is 1290. The number of aryl methyl sites for hydroxylation is 1. The molecule has 3 aromatic rings. The molecule has 1 amide bonds. The number of ether oxygens (including phenoxy) is 1. The normalized spacial score (nSPS) is 22.2. The lowest BCUT2D eigenvalue weighted by molar-refractivity contribution is -0.126. The molecule has 3 atom stereocenters. The SMILES string of the molecule is CO[C@H]1CN(CC2Cc3ccc(NC(=O)C(F)F)cc3C2)CC[C@@H]1n1c(C(C)C)nc2cc(C)ccc21. The van der Waals surface area contributed by atoms with E-state index in [1.807, 2.05) is 12.1 Å². The summed E-state index contributed by atoms with van der Waals surface area (Å²) >= 11 is 0. The zero-order valence-corrected chi connectivity index (χ0v) is 22.0. The van der Waals surface area contributed by atoms with Crippen molar-refractivity contribution in [3.05, 3.63) is 58.9 Å². The van der Waals surface area contributed by atoms with Crippen molar-refractivity contribution in [1.82, 2.24) is 14.5 Å². The zero-order chi connectivity index (χ0) is 26.3. The van der Waals surface area contributed by atoms with E-state index in [-0.39, 0.29) is 12.1 Å². The molecule has 6 nitrogen and oxygen atoms in total. The highest BCUT2D eigenvalue weighted by atomic mass is 19.3. The van der Waals surface area contributed by atoms with Crippen molar-refractivity contribution in [3.63, 3.8) is 0 Å². The summed E-state index contributed by atoms with van der Waals surface area (Å²) in [5, 5.41) is 2.30. The second-order valence-corrected chi connectivity index (χ2v) is 10.9. The highest BCUT2D eigenvalue weighted by Gasteiger charge is 2.35. The lowest BCUT2D eigenvalue weighted by atomic mass is 9.97. The maximum Gasteiger partial charge on any atom is 0.315 e. The number of fused-ring (bicyclic) bond motifs is 2. The maximum atomic E-state index is 12.6. The van der Waals surface area contributed by atoms with Crippen LogP contribution in [0, 0.1) is 12.8 Å². The van der Waals surface area contributed by atoms with E-state index in [0.29, 0.717) is 17.5 Å². The van der Waals surface area contributed by atoms with Gasteiger partial charge in [0.25, 0.3) is 5.91 Å². The number of likely N-dealkylation sites (tertiary alicyclic amines) is 1. The van der Waals surface area contributed by atoms with Crippen LogP contribution in [0.25, 0.3) is 11.0 Å². The van der Waals surface area contributed by atoms with E-state index in [2.05, 4.69) is 53.8 Å². The molecule has 8 heteroatoms. The Morgan fingerprint density at radius 3 is 2.68 bits per heavy atom. The molecule has 2 aliphatic rings. The number of carbonyl (C=O) groups is 1. The van der Waals surface area contributed by atoms with Crippen LogP contribution in [0.4, 0.5) is 14.5 Å². The first-order chi connectivity index (χ1) is 17.7. The molecule has 2 heterocycles. The monoisotopic (exact) mass is 510 g/mol. The third kappa shape index (κ3) is 5.27. The lowest BCUT2D eigenvalue weighted by Gasteiger charge is -2.40. The number of rotatable bonds is 7. The number of piperidine rings is 1. The number of aromatic nitrogens is 2. The van der Waals surface area contributed by atoms with Crippen molar-refractivity contribution in [3.8, 4) is 0 Å². The molecule has 1 fully saturated rings. The average molecular weight is 511 g/mol. The lowest BCUT2D eigenvalue weighted by Crippen LogP contribution is -2.47. The number of amides is 1. The molecule has 0 bridgehead atoms.